The normalized spacial score (nSPS) is 10.3. The molecule has 6 heteroatoms. The van der Waals surface area contributed by atoms with E-state index in [2.05, 4.69) is 36.3 Å². The number of hydrogen-bond donors (Lipinski definition) is 0. The van der Waals surface area contributed by atoms with E-state index in [-0.39, 0.29) is 5.82 Å². The summed E-state index contributed by atoms with van der Waals surface area (Å²) in [5.41, 5.74) is 0.670. The molecule has 2 aromatic rings. The highest BCUT2D eigenvalue weighted by Gasteiger charge is 2.05. The van der Waals surface area contributed by atoms with E-state index in [1.54, 1.807) is 19.1 Å². The third kappa shape index (κ3) is 2.15. The number of benzene rings is 1. The van der Waals surface area contributed by atoms with Crippen molar-refractivity contribution in [1.82, 2.24) is 20.4 Å². The largest absolute Gasteiger partial charge is 0.206 e. The van der Waals surface area contributed by atoms with E-state index in [1.807, 2.05) is 0 Å². The van der Waals surface area contributed by atoms with Crippen LogP contribution in [0.1, 0.15) is 5.82 Å². The fraction of sp³-hybridized carbons (Fsp3) is 0.111. The molecule has 2 rings (SSSR count). The van der Waals surface area contributed by atoms with E-state index in [9.17, 15) is 4.39 Å². The second-order valence-electron chi connectivity index (χ2n) is 2.90. The first-order valence-electron chi connectivity index (χ1n) is 4.16. The fourth-order valence-corrected chi connectivity index (χ4v) is 1.41. The van der Waals surface area contributed by atoms with Crippen LogP contribution < -0.4 is 0 Å². The molecule has 15 heavy (non-hydrogen) atoms. The average molecular weight is 269 g/mol. The lowest BCUT2D eigenvalue weighted by molar-refractivity contribution is 0.621. The minimum absolute atomic E-state index is 0.327. The van der Waals surface area contributed by atoms with Crippen LogP contribution in [0.4, 0.5) is 4.39 Å². The quantitative estimate of drug-likeness (QED) is 0.795. The summed E-state index contributed by atoms with van der Waals surface area (Å²) in [4.78, 5) is 0. The van der Waals surface area contributed by atoms with Crippen LogP contribution in [0.15, 0.2) is 22.7 Å². The number of aromatic nitrogens is 4. The molecule has 0 radical (unpaired) electrons. The maximum absolute atomic E-state index is 13.0. The van der Waals surface area contributed by atoms with E-state index in [0.717, 1.165) is 0 Å². The van der Waals surface area contributed by atoms with Crippen LogP contribution >= 0.6 is 15.9 Å². The highest BCUT2D eigenvalue weighted by atomic mass is 79.9. The molecule has 4 nitrogen and oxygen atoms in total. The average Bonchev–Trinajstić information content (AvgIpc) is 2.23. The summed E-state index contributed by atoms with van der Waals surface area (Å²) >= 11 is 3.09. The van der Waals surface area contributed by atoms with E-state index >= 15 is 0 Å². The SMILES string of the molecule is Cc1nnc(-c2ccc(F)c(Br)c2)nn1. The predicted octanol–water partition coefficient (Wildman–Crippen LogP) is 2.14. The monoisotopic (exact) mass is 268 g/mol. The molecule has 0 aliphatic rings. The molecule has 0 N–H and O–H groups in total. The first kappa shape index (κ1) is 10.1. The molecular formula is C9H6BrFN4. The number of halogens is 2. The summed E-state index contributed by atoms with van der Waals surface area (Å²) < 4.78 is 13.3. The molecule has 0 aliphatic carbocycles. The van der Waals surface area contributed by atoms with Gasteiger partial charge in [0, 0.05) is 5.56 Å². The van der Waals surface area contributed by atoms with Gasteiger partial charge in [0.1, 0.15) is 5.82 Å². The molecule has 0 fully saturated rings. The van der Waals surface area contributed by atoms with Crippen molar-refractivity contribution in [2.45, 2.75) is 6.92 Å². The summed E-state index contributed by atoms with van der Waals surface area (Å²) in [5, 5.41) is 15.3. The van der Waals surface area contributed by atoms with Crippen molar-refractivity contribution >= 4 is 15.9 Å². The Kier molecular flexibility index (Phi) is 2.68. The Morgan fingerprint density at radius 1 is 1.13 bits per heavy atom. The molecule has 1 heterocycles. The Morgan fingerprint density at radius 2 is 1.80 bits per heavy atom. The summed E-state index contributed by atoms with van der Waals surface area (Å²) in [5.74, 6) is 0.549. The number of rotatable bonds is 1. The molecule has 0 bridgehead atoms. The van der Waals surface area contributed by atoms with Crippen LogP contribution in [-0.2, 0) is 0 Å². The minimum atomic E-state index is -0.327. The number of nitrogens with zero attached hydrogens (tertiary/aromatic N) is 4. The summed E-state index contributed by atoms with van der Waals surface area (Å²) in [7, 11) is 0. The van der Waals surface area contributed by atoms with Crippen LogP contribution in [0, 0.1) is 12.7 Å². The van der Waals surface area contributed by atoms with Gasteiger partial charge in [-0.15, -0.1) is 20.4 Å². The maximum Gasteiger partial charge on any atom is 0.203 e. The van der Waals surface area contributed by atoms with Crippen LogP contribution in [0.25, 0.3) is 11.4 Å². The summed E-state index contributed by atoms with van der Waals surface area (Å²) in [6, 6.07) is 4.50. The van der Waals surface area contributed by atoms with Gasteiger partial charge in [-0.1, -0.05) is 0 Å². The Bertz CT molecular complexity index is 486. The first-order chi connectivity index (χ1) is 7.16. The van der Waals surface area contributed by atoms with Crippen molar-refractivity contribution in [3.8, 4) is 11.4 Å². The molecule has 0 spiro atoms. The van der Waals surface area contributed by atoms with Gasteiger partial charge in [0.2, 0.25) is 5.82 Å². The van der Waals surface area contributed by atoms with Gasteiger partial charge in [0.15, 0.2) is 5.82 Å². The molecule has 0 saturated carbocycles. The van der Waals surface area contributed by atoms with Crippen molar-refractivity contribution in [2.24, 2.45) is 0 Å². The van der Waals surface area contributed by atoms with Crippen molar-refractivity contribution in [3.05, 3.63) is 34.3 Å². The minimum Gasteiger partial charge on any atom is -0.206 e. The molecule has 0 aliphatic heterocycles. The smallest absolute Gasteiger partial charge is 0.203 e. The number of aryl methyl sites for hydroxylation is 1. The molecular weight excluding hydrogens is 263 g/mol. The summed E-state index contributed by atoms with van der Waals surface area (Å²) in [6.45, 7) is 1.70. The van der Waals surface area contributed by atoms with Crippen molar-refractivity contribution in [1.29, 1.82) is 0 Å². The lowest BCUT2D eigenvalue weighted by Crippen LogP contribution is -1.98. The first-order valence-corrected chi connectivity index (χ1v) is 4.95. The lowest BCUT2D eigenvalue weighted by atomic mass is 10.2. The third-order valence-corrected chi connectivity index (χ3v) is 2.36. The van der Waals surface area contributed by atoms with Crippen LogP contribution in [0.2, 0.25) is 0 Å². The van der Waals surface area contributed by atoms with Gasteiger partial charge in [-0.25, -0.2) is 4.39 Å². The zero-order chi connectivity index (χ0) is 10.8. The van der Waals surface area contributed by atoms with Crippen LogP contribution in [0.5, 0.6) is 0 Å². The van der Waals surface area contributed by atoms with Gasteiger partial charge in [-0.2, -0.15) is 0 Å². The maximum atomic E-state index is 13.0. The fourth-order valence-electron chi connectivity index (χ4n) is 1.03. The Morgan fingerprint density at radius 3 is 2.40 bits per heavy atom. The van der Waals surface area contributed by atoms with Crippen LogP contribution in [-0.4, -0.2) is 20.4 Å². The highest BCUT2D eigenvalue weighted by molar-refractivity contribution is 9.10. The number of hydrogen-bond acceptors (Lipinski definition) is 4. The molecule has 1 aromatic heterocycles. The van der Waals surface area contributed by atoms with Gasteiger partial charge in [-0.05, 0) is 41.1 Å². The standard InChI is InChI=1S/C9H6BrFN4/c1-5-12-14-9(15-13-5)6-2-3-8(11)7(10)4-6/h2-4H,1H3. The van der Waals surface area contributed by atoms with Gasteiger partial charge >= 0.3 is 0 Å². The second-order valence-corrected chi connectivity index (χ2v) is 3.75. The van der Waals surface area contributed by atoms with E-state index in [1.165, 1.54) is 6.07 Å². The lowest BCUT2D eigenvalue weighted by Gasteiger charge is -1.99. The molecule has 76 valence electrons. The van der Waals surface area contributed by atoms with E-state index < -0.39 is 0 Å². The molecule has 1 aromatic carbocycles. The van der Waals surface area contributed by atoms with Crippen molar-refractivity contribution < 1.29 is 4.39 Å². The highest BCUT2D eigenvalue weighted by Crippen LogP contribution is 2.21. The Balaban J connectivity index is 2.45. The summed E-state index contributed by atoms with van der Waals surface area (Å²) in [6.07, 6.45) is 0. The predicted molar refractivity (Wildman–Crippen MR) is 55.5 cm³/mol. The van der Waals surface area contributed by atoms with Gasteiger partial charge in [0.25, 0.3) is 0 Å². The van der Waals surface area contributed by atoms with E-state index in [4.69, 9.17) is 0 Å². The van der Waals surface area contributed by atoms with Crippen molar-refractivity contribution in [2.75, 3.05) is 0 Å². The van der Waals surface area contributed by atoms with Gasteiger partial charge < -0.3 is 0 Å². The molecule has 0 unspecified atom stereocenters. The zero-order valence-electron chi connectivity index (χ0n) is 7.78. The topological polar surface area (TPSA) is 51.6 Å². The Labute approximate surface area is 93.7 Å². The second kappa shape index (κ2) is 3.98. The molecule has 0 amide bonds. The van der Waals surface area contributed by atoms with Gasteiger partial charge in [0.05, 0.1) is 4.47 Å². The zero-order valence-corrected chi connectivity index (χ0v) is 9.36. The van der Waals surface area contributed by atoms with E-state index in [0.29, 0.717) is 21.7 Å². The molecule has 0 atom stereocenters. The third-order valence-electron chi connectivity index (χ3n) is 1.76. The van der Waals surface area contributed by atoms with Crippen molar-refractivity contribution in [3.63, 3.8) is 0 Å². The molecule has 0 saturated heterocycles. The Hall–Kier alpha value is -1.43. The van der Waals surface area contributed by atoms with Gasteiger partial charge in [-0.3, -0.25) is 0 Å². The van der Waals surface area contributed by atoms with Crippen LogP contribution in [0.3, 0.4) is 0 Å².